The van der Waals surface area contributed by atoms with Gasteiger partial charge in [-0.15, -0.1) is 0 Å². The lowest BCUT2D eigenvalue weighted by Gasteiger charge is -2.27. The molecule has 26 heavy (non-hydrogen) atoms. The highest BCUT2D eigenvalue weighted by Crippen LogP contribution is 2.29. The molecule has 0 saturated carbocycles. The Morgan fingerprint density at radius 3 is 2.35 bits per heavy atom. The van der Waals surface area contributed by atoms with Gasteiger partial charge in [-0.05, 0) is 54.7 Å². The van der Waals surface area contributed by atoms with Crippen molar-refractivity contribution in [2.75, 3.05) is 5.32 Å². The zero-order valence-electron chi connectivity index (χ0n) is 12.9. The predicted octanol–water partition coefficient (Wildman–Crippen LogP) is 5.00. The van der Waals surface area contributed by atoms with Gasteiger partial charge in [-0.25, -0.2) is 4.39 Å². The Balaban J connectivity index is 2.06. The fourth-order valence-electron chi connectivity index (χ4n) is 1.88. The Hall–Kier alpha value is -1.12. The van der Waals surface area contributed by atoms with E-state index in [0.29, 0.717) is 11.3 Å². The highest BCUT2D eigenvalue weighted by atomic mass is 79.9. The topological polar surface area (TPSA) is 53.2 Å². The molecule has 138 valence electrons. The highest BCUT2D eigenvalue weighted by Gasteiger charge is 2.34. The number of benzene rings is 2. The lowest BCUT2D eigenvalue weighted by Crippen LogP contribution is -2.56. The molecule has 0 aliphatic heterocycles. The van der Waals surface area contributed by atoms with Crippen LogP contribution in [0.2, 0.25) is 0 Å². The number of halogens is 5. The van der Waals surface area contributed by atoms with Crippen LogP contribution in [0.4, 0.5) is 10.1 Å². The summed E-state index contributed by atoms with van der Waals surface area (Å²) in [6, 6.07) is 12.3. The van der Waals surface area contributed by atoms with Crippen LogP contribution in [0.15, 0.2) is 53.0 Å². The number of hydrogen-bond acceptors (Lipinski definition) is 2. The summed E-state index contributed by atoms with van der Waals surface area (Å²) in [6.45, 7) is 0. The van der Waals surface area contributed by atoms with Gasteiger partial charge in [0.05, 0.1) is 0 Å². The minimum Gasteiger partial charge on any atom is -0.339 e. The summed E-state index contributed by atoms with van der Waals surface area (Å²) in [5, 5.41) is 8.19. The molecular weight excluding hydrogens is 488 g/mol. The number of thiocarbonyl (C=S) groups is 1. The van der Waals surface area contributed by atoms with Crippen LogP contribution in [0.3, 0.4) is 0 Å². The van der Waals surface area contributed by atoms with Gasteiger partial charge >= 0.3 is 0 Å². The lowest BCUT2D eigenvalue weighted by atomic mass is 10.2. The van der Waals surface area contributed by atoms with Gasteiger partial charge in [-0.2, -0.15) is 0 Å². The third-order valence-corrected chi connectivity index (χ3v) is 4.43. The maximum absolute atomic E-state index is 12.9. The first-order valence-electron chi connectivity index (χ1n) is 7.11. The highest BCUT2D eigenvalue weighted by molar-refractivity contribution is 9.10. The quantitative estimate of drug-likeness (QED) is 0.315. The molecule has 1 atom stereocenters. The molecular formula is C16H12BrCl3FN3OS. The van der Waals surface area contributed by atoms with E-state index in [9.17, 15) is 9.18 Å². The number of nitrogens with one attached hydrogen (secondary N) is 3. The van der Waals surface area contributed by atoms with Gasteiger partial charge < -0.3 is 16.0 Å². The summed E-state index contributed by atoms with van der Waals surface area (Å²) in [6.07, 6.45) is -1.11. The van der Waals surface area contributed by atoms with Crippen molar-refractivity contribution in [2.45, 2.75) is 9.96 Å². The molecule has 2 aromatic rings. The van der Waals surface area contributed by atoms with Crippen molar-refractivity contribution in [2.24, 2.45) is 0 Å². The molecule has 0 unspecified atom stereocenters. The first-order valence-corrected chi connectivity index (χ1v) is 9.45. The zero-order valence-corrected chi connectivity index (χ0v) is 17.6. The lowest BCUT2D eigenvalue weighted by molar-refractivity contribution is 0.0934. The van der Waals surface area contributed by atoms with Crippen LogP contribution in [-0.4, -0.2) is 21.0 Å². The molecule has 0 spiro atoms. The van der Waals surface area contributed by atoms with Gasteiger partial charge in [-0.1, -0.05) is 56.8 Å². The maximum atomic E-state index is 12.9. The van der Waals surface area contributed by atoms with Crippen LogP contribution in [0, 0.1) is 5.82 Å². The van der Waals surface area contributed by atoms with E-state index >= 15 is 0 Å². The van der Waals surface area contributed by atoms with E-state index in [1.807, 2.05) is 0 Å². The van der Waals surface area contributed by atoms with Gasteiger partial charge in [-0.3, -0.25) is 4.79 Å². The molecule has 0 fully saturated rings. The summed E-state index contributed by atoms with van der Waals surface area (Å²) < 4.78 is 11.8. The van der Waals surface area contributed by atoms with Crippen molar-refractivity contribution in [1.29, 1.82) is 0 Å². The van der Waals surface area contributed by atoms with Crippen molar-refractivity contribution >= 4 is 79.7 Å². The van der Waals surface area contributed by atoms with Crippen LogP contribution in [0.1, 0.15) is 10.4 Å². The molecule has 0 aromatic heterocycles. The standard InChI is InChI=1S/C16H12BrCl3FN3OS/c17-10-3-1-2-9(8-10)13(25)23-14(16(18,19)20)24-15(26)22-12-6-4-11(21)5-7-12/h1-8,14H,(H,23,25)(H2,22,24,26)/t14-/m1/s1. The fraction of sp³-hybridized carbons (Fsp3) is 0.125. The Morgan fingerprint density at radius 1 is 1.12 bits per heavy atom. The number of anilines is 1. The molecule has 0 radical (unpaired) electrons. The summed E-state index contributed by atoms with van der Waals surface area (Å²) in [7, 11) is 0. The number of alkyl halides is 3. The molecule has 4 nitrogen and oxygen atoms in total. The van der Waals surface area contributed by atoms with E-state index in [0.717, 1.165) is 4.47 Å². The summed E-state index contributed by atoms with van der Waals surface area (Å²) in [5.74, 6) is -0.838. The number of amides is 1. The number of carbonyl (C=O) groups is 1. The van der Waals surface area contributed by atoms with E-state index in [2.05, 4.69) is 31.9 Å². The average Bonchev–Trinajstić information content (AvgIpc) is 2.55. The summed E-state index contributed by atoms with van der Waals surface area (Å²) in [4.78, 5) is 12.4. The molecule has 10 heteroatoms. The molecule has 1 amide bonds. The van der Waals surface area contributed by atoms with Gasteiger partial charge in [0.2, 0.25) is 3.79 Å². The van der Waals surface area contributed by atoms with E-state index in [1.54, 1.807) is 24.3 Å². The van der Waals surface area contributed by atoms with Gasteiger partial charge in [0, 0.05) is 15.7 Å². The predicted molar refractivity (Wildman–Crippen MR) is 111 cm³/mol. The van der Waals surface area contributed by atoms with Crippen LogP contribution in [-0.2, 0) is 0 Å². The Morgan fingerprint density at radius 2 is 1.77 bits per heavy atom. The van der Waals surface area contributed by atoms with E-state index in [1.165, 1.54) is 24.3 Å². The normalized spacial score (nSPS) is 12.2. The number of carbonyl (C=O) groups excluding carboxylic acids is 1. The second kappa shape index (κ2) is 9.19. The van der Waals surface area contributed by atoms with Gasteiger partial charge in [0.1, 0.15) is 12.0 Å². The average molecular weight is 500 g/mol. The molecule has 0 aliphatic carbocycles. The first kappa shape index (κ1) is 21.2. The van der Waals surface area contributed by atoms with Crippen molar-refractivity contribution in [3.8, 4) is 0 Å². The third-order valence-electron chi connectivity index (χ3n) is 3.07. The van der Waals surface area contributed by atoms with Crippen LogP contribution >= 0.6 is 63.0 Å². The Bertz CT molecular complexity index is 802. The largest absolute Gasteiger partial charge is 0.339 e. The molecule has 0 aliphatic rings. The minimum absolute atomic E-state index is 0.0856. The minimum atomic E-state index is -1.88. The Kier molecular flexibility index (Phi) is 7.49. The third kappa shape index (κ3) is 6.55. The van der Waals surface area contributed by atoms with Crippen molar-refractivity contribution in [1.82, 2.24) is 10.6 Å². The summed E-state index contributed by atoms with van der Waals surface area (Å²) >= 11 is 26.3. The van der Waals surface area contributed by atoms with Gasteiger partial charge in [0.25, 0.3) is 5.91 Å². The van der Waals surface area contributed by atoms with E-state index in [-0.39, 0.29) is 10.9 Å². The second-order valence-corrected chi connectivity index (χ2v) is 8.76. The van der Waals surface area contributed by atoms with Crippen molar-refractivity contribution in [3.05, 3.63) is 64.4 Å². The van der Waals surface area contributed by atoms with Crippen LogP contribution in [0.25, 0.3) is 0 Å². The van der Waals surface area contributed by atoms with E-state index < -0.39 is 15.9 Å². The first-order chi connectivity index (χ1) is 12.1. The smallest absolute Gasteiger partial charge is 0.253 e. The van der Waals surface area contributed by atoms with Crippen molar-refractivity contribution < 1.29 is 9.18 Å². The monoisotopic (exact) mass is 497 g/mol. The molecule has 0 saturated heterocycles. The summed E-state index contributed by atoms with van der Waals surface area (Å²) in [5.41, 5.74) is 0.906. The molecule has 3 N–H and O–H groups in total. The van der Waals surface area contributed by atoms with Crippen LogP contribution < -0.4 is 16.0 Å². The van der Waals surface area contributed by atoms with Gasteiger partial charge in [0.15, 0.2) is 5.11 Å². The second-order valence-electron chi connectivity index (χ2n) is 5.06. The van der Waals surface area contributed by atoms with Crippen LogP contribution in [0.5, 0.6) is 0 Å². The molecule has 0 heterocycles. The Labute approximate surface area is 178 Å². The van der Waals surface area contributed by atoms with E-state index in [4.69, 9.17) is 47.0 Å². The SMILES string of the molecule is O=C(N[C@H](NC(=S)Nc1ccc(F)cc1)C(Cl)(Cl)Cl)c1cccc(Br)c1. The molecule has 2 aromatic carbocycles. The maximum Gasteiger partial charge on any atom is 0.253 e. The zero-order chi connectivity index (χ0) is 19.3. The number of rotatable bonds is 4. The number of hydrogen-bond donors (Lipinski definition) is 3. The van der Waals surface area contributed by atoms with Crippen molar-refractivity contribution in [3.63, 3.8) is 0 Å². The fourth-order valence-corrected chi connectivity index (χ4v) is 2.84. The molecule has 0 bridgehead atoms. The molecule has 2 rings (SSSR count).